The first-order chi connectivity index (χ1) is 4.30. The summed E-state index contributed by atoms with van der Waals surface area (Å²) in [5.74, 6) is 0.662. The highest BCUT2D eigenvalue weighted by atomic mass is 16.5. The van der Waals surface area contributed by atoms with Gasteiger partial charge in [0.2, 0.25) is 0 Å². The number of hydrogen-bond acceptors (Lipinski definition) is 1. The van der Waals surface area contributed by atoms with Crippen LogP contribution in [0.1, 0.15) is 20.3 Å². The van der Waals surface area contributed by atoms with Gasteiger partial charge in [-0.15, -0.1) is 0 Å². The summed E-state index contributed by atoms with van der Waals surface area (Å²) in [4.78, 5) is 0. The molecular weight excluding hydrogens is 112 g/mol. The van der Waals surface area contributed by atoms with E-state index in [1.54, 1.807) is 0 Å². The molecule has 0 spiro atoms. The van der Waals surface area contributed by atoms with Gasteiger partial charge in [0, 0.05) is 0 Å². The van der Waals surface area contributed by atoms with Gasteiger partial charge in [-0.1, -0.05) is 26.0 Å². The standard InChI is InChI=1S/C8H14O/c1-7(2)8-5-3-4-6-9-8/h3-4,7-8H,5-6H2,1-2H3/t8-/m0/s1. The van der Waals surface area contributed by atoms with Crippen LogP contribution in [-0.4, -0.2) is 12.7 Å². The second kappa shape index (κ2) is 3.02. The third-order valence-corrected chi connectivity index (χ3v) is 1.69. The first-order valence-corrected chi connectivity index (χ1v) is 3.57. The maximum absolute atomic E-state index is 5.45. The van der Waals surface area contributed by atoms with Gasteiger partial charge in [0.15, 0.2) is 0 Å². The van der Waals surface area contributed by atoms with Gasteiger partial charge < -0.3 is 4.74 Å². The molecule has 1 nitrogen and oxygen atoms in total. The van der Waals surface area contributed by atoms with Crippen LogP contribution >= 0.6 is 0 Å². The molecule has 0 bridgehead atoms. The fourth-order valence-corrected chi connectivity index (χ4v) is 1.01. The molecule has 1 atom stereocenters. The summed E-state index contributed by atoms with van der Waals surface area (Å²) in [6, 6.07) is 0. The Morgan fingerprint density at radius 1 is 1.44 bits per heavy atom. The molecule has 0 aliphatic carbocycles. The zero-order valence-electron chi connectivity index (χ0n) is 6.13. The first-order valence-electron chi connectivity index (χ1n) is 3.57. The van der Waals surface area contributed by atoms with E-state index in [1.165, 1.54) is 0 Å². The molecule has 1 aliphatic rings. The number of rotatable bonds is 1. The predicted molar refractivity (Wildman–Crippen MR) is 38.3 cm³/mol. The van der Waals surface area contributed by atoms with Crippen LogP contribution in [0.5, 0.6) is 0 Å². The van der Waals surface area contributed by atoms with Crippen molar-refractivity contribution in [3.05, 3.63) is 12.2 Å². The smallest absolute Gasteiger partial charge is 0.0651 e. The molecule has 0 fully saturated rings. The molecule has 0 aromatic carbocycles. The Bertz CT molecular complexity index is 105. The van der Waals surface area contributed by atoms with E-state index in [0.29, 0.717) is 12.0 Å². The van der Waals surface area contributed by atoms with E-state index in [4.69, 9.17) is 4.74 Å². The van der Waals surface area contributed by atoms with Gasteiger partial charge in [0.05, 0.1) is 12.7 Å². The molecule has 0 radical (unpaired) electrons. The van der Waals surface area contributed by atoms with Crippen molar-refractivity contribution in [1.29, 1.82) is 0 Å². The zero-order chi connectivity index (χ0) is 6.69. The van der Waals surface area contributed by atoms with Crippen LogP contribution in [0, 0.1) is 5.92 Å². The van der Waals surface area contributed by atoms with Crippen LogP contribution < -0.4 is 0 Å². The zero-order valence-corrected chi connectivity index (χ0v) is 6.13. The third kappa shape index (κ3) is 1.83. The van der Waals surface area contributed by atoms with Gasteiger partial charge in [-0.2, -0.15) is 0 Å². The molecule has 0 saturated carbocycles. The SMILES string of the molecule is CC(C)[C@@H]1CC=CCO1. The highest BCUT2D eigenvalue weighted by molar-refractivity contribution is 4.89. The third-order valence-electron chi connectivity index (χ3n) is 1.69. The minimum atomic E-state index is 0.468. The lowest BCUT2D eigenvalue weighted by molar-refractivity contribution is 0.0350. The van der Waals surface area contributed by atoms with Gasteiger partial charge >= 0.3 is 0 Å². The Labute approximate surface area is 56.7 Å². The Morgan fingerprint density at radius 3 is 2.56 bits per heavy atom. The van der Waals surface area contributed by atoms with Crippen LogP contribution in [-0.2, 0) is 4.74 Å². The van der Waals surface area contributed by atoms with Crippen LogP contribution in [0.4, 0.5) is 0 Å². The molecule has 0 aromatic rings. The minimum absolute atomic E-state index is 0.468. The van der Waals surface area contributed by atoms with Crippen LogP contribution in [0.15, 0.2) is 12.2 Å². The molecule has 1 rings (SSSR count). The Morgan fingerprint density at radius 2 is 2.22 bits per heavy atom. The van der Waals surface area contributed by atoms with Crippen molar-refractivity contribution in [3.63, 3.8) is 0 Å². The van der Waals surface area contributed by atoms with Crippen LogP contribution in [0.3, 0.4) is 0 Å². The van der Waals surface area contributed by atoms with E-state index in [0.717, 1.165) is 13.0 Å². The molecule has 1 heterocycles. The molecule has 0 N–H and O–H groups in total. The van der Waals surface area contributed by atoms with Crippen LogP contribution in [0.2, 0.25) is 0 Å². The summed E-state index contributed by atoms with van der Waals surface area (Å²) in [5.41, 5.74) is 0. The van der Waals surface area contributed by atoms with Crippen molar-refractivity contribution < 1.29 is 4.74 Å². The minimum Gasteiger partial charge on any atom is -0.374 e. The van der Waals surface area contributed by atoms with E-state index >= 15 is 0 Å². The van der Waals surface area contributed by atoms with E-state index in [-0.39, 0.29) is 0 Å². The Hall–Kier alpha value is -0.300. The van der Waals surface area contributed by atoms with Crippen molar-refractivity contribution >= 4 is 0 Å². The highest BCUT2D eigenvalue weighted by Crippen LogP contribution is 2.14. The lowest BCUT2D eigenvalue weighted by atomic mass is 10.0. The van der Waals surface area contributed by atoms with E-state index in [1.807, 2.05) is 0 Å². The lowest BCUT2D eigenvalue weighted by Gasteiger charge is -2.21. The molecule has 0 saturated heterocycles. The van der Waals surface area contributed by atoms with Crippen molar-refractivity contribution in [1.82, 2.24) is 0 Å². The first kappa shape index (κ1) is 6.81. The summed E-state index contributed by atoms with van der Waals surface area (Å²) < 4.78 is 5.45. The molecule has 1 aliphatic heterocycles. The topological polar surface area (TPSA) is 9.23 Å². The second-order valence-electron chi connectivity index (χ2n) is 2.82. The molecule has 9 heavy (non-hydrogen) atoms. The molecular formula is C8H14O. The Balaban J connectivity index is 2.35. The van der Waals surface area contributed by atoms with E-state index in [2.05, 4.69) is 26.0 Å². The fourth-order valence-electron chi connectivity index (χ4n) is 1.01. The maximum Gasteiger partial charge on any atom is 0.0651 e. The summed E-state index contributed by atoms with van der Waals surface area (Å²) >= 11 is 0. The highest BCUT2D eigenvalue weighted by Gasteiger charge is 2.13. The predicted octanol–water partition coefficient (Wildman–Crippen LogP) is 1.99. The Kier molecular flexibility index (Phi) is 2.29. The molecule has 0 unspecified atom stereocenters. The quantitative estimate of drug-likeness (QED) is 0.488. The molecule has 52 valence electrons. The molecule has 0 aromatic heterocycles. The van der Waals surface area contributed by atoms with Gasteiger partial charge in [-0.25, -0.2) is 0 Å². The van der Waals surface area contributed by atoms with Crippen molar-refractivity contribution in [2.24, 2.45) is 5.92 Å². The monoisotopic (exact) mass is 126 g/mol. The van der Waals surface area contributed by atoms with Crippen LogP contribution in [0.25, 0.3) is 0 Å². The average Bonchev–Trinajstić information content (AvgIpc) is 1.90. The largest absolute Gasteiger partial charge is 0.374 e. The lowest BCUT2D eigenvalue weighted by Crippen LogP contribution is -2.21. The molecule has 0 amide bonds. The van der Waals surface area contributed by atoms with Gasteiger partial charge in [0.25, 0.3) is 0 Å². The van der Waals surface area contributed by atoms with Gasteiger partial charge in [-0.3, -0.25) is 0 Å². The normalized spacial score (nSPS) is 27.2. The number of ether oxygens (including phenoxy) is 1. The van der Waals surface area contributed by atoms with Gasteiger partial charge in [-0.05, 0) is 12.3 Å². The average molecular weight is 126 g/mol. The van der Waals surface area contributed by atoms with E-state index < -0.39 is 0 Å². The fraction of sp³-hybridized carbons (Fsp3) is 0.750. The van der Waals surface area contributed by atoms with Gasteiger partial charge in [0.1, 0.15) is 0 Å². The van der Waals surface area contributed by atoms with Crippen molar-refractivity contribution in [2.75, 3.05) is 6.61 Å². The molecule has 1 heteroatoms. The van der Waals surface area contributed by atoms with E-state index in [9.17, 15) is 0 Å². The summed E-state index contributed by atoms with van der Waals surface area (Å²) in [7, 11) is 0. The van der Waals surface area contributed by atoms with Crippen molar-refractivity contribution in [2.45, 2.75) is 26.4 Å². The number of hydrogen-bond donors (Lipinski definition) is 0. The summed E-state index contributed by atoms with van der Waals surface area (Å²) in [5, 5.41) is 0. The summed E-state index contributed by atoms with van der Waals surface area (Å²) in [6.07, 6.45) is 5.85. The summed E-state index contributed by atoms with van der Waals surface area (Å²) in [6.45, 7) is 5.20. The maximum atomic E-state index is 5.45. The second-order valence-corrected chi connectivity index (χ2v) is 2.82. The van der Waals surface area contributed by atoms with Crippen molar-refractivity contribution in [3.8, 4) is 0 Å².